The van der Waals surface area contributed by atoms with E-state index in [4.69, 9.17) is 11.6 Å². The third kappa shape index (κ3) is 2.93. The van der Waals surface area contributed by atoms with Crippen molar-refractivity contribution in [1.29, 1.82) is 0 Å². The van der Waals surface area contributed by atoms with Gasteiger partial charge in [0.15, 0.2) is 0 Å². The van der Waals surface area contributed by atoms with Gasteiger partial charge < -0.3 is 4.90 Å². The average Bonchev–Trinajstić information content (AvgIpc) is 2.46. The molecule has 0 spiro atoms. The van der Waals surface area contributed by atoms with Gasteiger partial charge in [-0.25, -0.2) is 0 Å². The normalized spacial score (nSPS) is 18.9. The molecule has 0 bridgehead atoms. The summed E-state index contributed by atoms with van der Waals surface area (Å²) in [5, 5.41) is 10.8. The smallest absolute Gasteiger partial charge is 0.270 e. The van der Waals surface area contributed by atoms with Crippen LogP contribution in [0.5, 0.6) is 0 Å². The first-order valence-electron chi connectivity index (χ1n) is 6.79. The number of hydrogen-bond donors (Lipinski definition) is 0. The van der Waals surface area contributed by atoms with Crippen LogP contribution in [0.3, 0.4) is 0 Å². The van der Waals surface area contributed by atoms with Crippen LogP contribution in [0.15, 0.2) is 18.2 Å². The van der Waals surface area contributed by atoms with Crippen molar-refractivity contribution in [3.8, 4) is 0 Å². The predicted octanol–water partition coefficient (Wildman–Crippen LogP) is 3.65. The Labute approximate surface area is 122 Å². The van der Waals surface area contributed by atoms with Crippen molar-refractivity contribution in [2.24, 2.45) is 0 Å². The van der Waals surface area contributed by atoms with E-state index in [1.165, 1.54) is 18.2 Å². The molecule has 1 heterocycles. The van der Waals surface area contributed by atoms with E-state index >= 15 is 0 Å². The number of nitro benzene ring substituents is 1. The molecule has 5 nitrogen and oxygen atoms in total. The quantitative estimate of drug-likeness (QED) is 0.631. The minimum absolute atomic E-state index is 0.0998. The number of likely N-dealkylation sites (tertiary alicyclic amines) is 1. The number of halogens is 1. The van der Waals surface area contributed by atoms with Crippen LogP contribution in [0.2, 0.25) is 5.02 Å². The Kier molecular flexibility index (Phi) is 4.60. The Balaban J connectivity index is 2.26. The van der Waals surface area contributed by atoms with Crippen LogP contribution in [-0.2, 0) is 0 Å². The lowest BCUT2D eigenvalue weighted by Gasteiger charge is -2.35. The molecule has 1 aliphatic heterocycles. The highest BCUT2D eigenvalue weighted by Crippen LogP contribution is 2.27. The number of non-ortho nitro benzene ring substituents is 1. The first-order chi connectivity index (χ1) is 9.54. The number of hydrogen-bond acceptors (Lipinski definition) is 3. The fraction of sp³-hybridized carbons (Fsp3) is 0.500. The van der Waals surface area contributed by atoms with Gasteiger partial charge in [-0.2, -0.15) is 0 Å². The molecule has 0 aliphatic carbocycles. The molecule has 1 fully saturated rings. The summed E-state index contributed by atoms with van der Waals surface area (Å²) in [7, 11) is 0. The van der Waals surface area contributed by atoms with Crippen LogP contribution in [-0.4, -0.2) is 28.3 Å². The molecule has 20 heavy (non-hydrogen) atoms. The Hall–Kier alpha value is -1.62. The first kappa shape index (κ1) is 14.8. The SMILES string of the molecule is CC[C@H]1CCCCN1C(=O)c1ccc([N+](=O)[O-])cc1Cl. The molecule has 1 atom stereocenters. The van der Waals surface area contributed by atoms with E-state index in [9.17, 15) is 14.9 Å². The Morgan fingerprint density at radius 2 is 2.25 bits per heavy atom. The fourth-order valence-electron chi connectivity index (χ4n) is 2.64. The number of rotatable bonds is 3. The Morgan fingerprint density at radius 1 is 1.50 bits per heavy atom. The molecule has 1 aromatic rings. The summed E-state index contributed by atoms with van der Waals surface area (Å²) in [6.45, 7) is 2.79. The molecule has 0 saturated carbocycles. The third-order valence-corrected chi connectivity index (χ3v) is 4.07. The van der Waals surface area contributed by atoms with E-state index in [2.05, 4.69) is 6.92 Å². The second kappa shape index (κ2) is 6.22. The van der Waals surface area contributed by atoms with Crippen molar-refractivity contribution in [3.63, 3.8) is 0 Å². The molecule has 2 rings (SSSR count). The van der Waals surface area contributed by atoms with Crippen molar-refractivity contribution < 1.29 is 9.72 Å². The summed E-state index contributed by atoms with van der Waals surface area (Å²) >= 11 is 6.03. The molecule has 6 heteroatoms. The van der Waals surface area contributed by atoms with Crippen LogP contribution in [0.1, 0.15) is 43.0 Å². The maximum Gasteiger partial charge on any atom is 0.270 e. The van der Waals surface area contributed by atoms with Crippen LogP contribution in [0, 0.1) is 10.1 Å². The van der Waals surface area contributed by atoms with Gasteiger partial charge in [0.2, 0.25) is 0 Å². The van der Waals surface area contributed by atoms with Gasteiger partial charge in [-0.1, -0.05) is 18.5 Å². The summed E-state index contributed by atoms with van der Waals surface area (Å²) in [6.07, 6.45) is 4.05. The summed E-state index contributed by atoms with van der Waals surface area (Å²) in [5.41, 5.74) is 0.245. The number of carbonyl (C=O) groups excluding carboxylic acids is 1. The van der Waals surface area contributed by atoms with Gasteiger partial charge in [0, 0.05) is 24.7 Å². The van der Waals surface area contributed by atoms with Gasteiger partial charge >= 0.3 is 0 Å². The molecule has 108 valence electrons. The average molecular weight is 297 g/mol. The number of amides is 1. The second-order valence-electron chi connectivity index (χ2n) is 4.98. The number of piperidine rings is 1. The largest absolute Gasteiger partial charge is 0.336 e. The summed E-state index contributed by atoms with van der Waals surface area (Å²) in [5.74, 6) is -0.128. The van der Waals surface area contributed by atoms with Gasteiger partial charge in [-0.05, 0) is 31.7 Å². The zero-order valence-corrected chi connectivity index (χ0v) is 12.1. The van der Waals surface area contributed by atoms with Crippen LogP contribution < -0.4 is 0 Å². The number of benzene rings is 1. The second-order valence-corrected chi connectivity index (χ2v) is 5.38. The van der Waals surface area contributed by atoms with E-state index < -0.39 is 4.92 Å². The summed E-state index contributed by atoms with van der Waals surface area (Å²) < 4.78 is 0. The van der Waals surface area contributed by atoms with Crippen molar-refractivity contribution in [2.45, 2.75) is 38.6 Å². The lowest BCUT2D eigenvalue weighted by molar-refractivity contribution is -0.384. The van der Waals surface area contributed by atoms with Crippen molar-refractivity contribution in [3.05, 3.63) is 38.9 Å². The first-order valence-corrected chi connectivity index (χ1v) is 7.17. The van der Waals surface area contributed by atoms with E-state index in [1.54, 1.807) is 0 Å². The molecule has 1 aliphatic rings. The molecule has 0 aromatic heterocycles. The number of nitrogens with zero attached hydrogens (tertiary/aromatic N) is 2. The molecular formula is C14H17ClN2O3. The molecule has 0 N–H and O–H groups in total. The van der Waals surface area contributed by atoms with Gasteiger partial charge in [-0.3, -0.25) is 14.9 Å². The van der Waals surface area contributed by atoms with Gasteiger partial charge in [-0.15, -0.1) is 0 Å². The highest BCUT2D eigenvalue weighted by atomic mass is 35.5. The molecule has 0 radical (unpaired) electrons. The number of nitro groups is 1. The molecular weight excluding hydrogens is 280 g/mol. The fourth-order valence-corrected chi connectivity index (χ4v) is 2.89. The Morgan fingerprint density at radius 3 is 2.85 bits per heavy atom. The van der Waals surface area contributed by atoms with E-state index in [1.807, 2.05) is 4.90 Å². The minimum Gasteiger partial charge on any atom is -0.336 e. The summed E-state index contributed by atoms with van der Waals surface area (Å²) in [4.78, 5) is 24.6. The van der Waals surface area contributed by atoms with Gasteiger partial charge in [0.05, 0.1) is 15.5 Å². The third-order valence-electron chi connectivity index (χ3n) is 3.75. The van der Waals surface area contributed by atoms with Crippen LogP contribution >= 0.6 is 11.6 Å². The zero-order valence-electron chi connectivity index (χ0n) is 11.3. The zero-order chi connectivity index (χ0) is 14.7. The molecule has 1 aromatic carbocycles. The molecule has 1 saturated heterocycles. The standard InChI is InChI=1S/C14H17ClN2O3/c1-2-10-5-3-4-8-16(10)14(18)12-7-6-11(17(19)20)9-13(12)15/h6-7,9-10H,2-5,8H2,1H3/t10-/m0/s1. The van der Waals surface area contributed by atoms with Crippen molar-refractivity contribution >= 4 is 23.2 Å². The maximum atomic E-state index is 12.5. The minimum atomic E-state index is -0.518. The van der Waals surface area contributed by atoms with E-state index in [0.717, 1.165) is 32.2 Å². The lowest BCUT2D eigenvalue weighted by Crippen LogP contribution is -2.43. The molecule has 1 amide bonds. The van der Waals surface area contributed by atoms with E-state index in [-0.39, 0.29) is 22.7 Å². The summed E-state index contributed by atoms with van der Waals surface area (Å²) in [6, 6.07) is 4.25. The monoisotopic (exact) mass is 296 g/mol. The van der Waals surface area contributed by atoms with Crippen molar-refractivity contribution in [2.75, 3.05) is 6.54 Å². The topological polar surface area (TPSA) is 63.5 Å². The van der Waals surface area contributed by atoms with E-state index in [0.29, 0.717) is 5.56 Å². The lowest BCUT2D eigenvalue weighted by atomic mass is 9.99. The van der Waals surface area contributed by atoms with Crippen LogP contribution in [0.4, 0.5) is 5.69 Å². The highest BCUT2D eigenvalue weighted by molar-refractivity contribution is 6.34. The van der Waals surface area contributed by atoms with Gasteiger partial charge in [0.1, 0.15) is 0 Å². The predicted molar refractivity (Wildman–Crippen MR) is 77.1 cm³/mol. The Bertz CT molecular complexity index is 533. The van der Waals surface area contributed by atoms with Gasteiger partial charge in [0.25, 0.3) is 11.6 Å². The highest BCUT2D eigenvalue weighted by Gasteiger charge is 2.27. The van der Waals surface area contributed by atoms with Crippen LogP contribution in [0.25, 0.3) is 0 Å². The molecule has 0 unspecified atom stereocenters. The van der Waals surface area contributed by atoms with Crippen molar-refractivity contribution in [1.82, 2.24) is 4.90 Å². The number of carbonyl (C=O) groups is 1. The maximum absolute atomic E-state index is 12.5.